The molecule has 0 aromatic carbocycles. The van der Waals surface area contributed by atoms with Crippen LogP contribution >= 0.6 is 11.8 Å². The average Bonchev–Trinajstić information content (AvgIpc) is 3.20. The van der Waals surface area contributed by atoms with Gasteiger partial charge in [0.15, 0.2) is 17.1 Å². The Morgan fingerprint density at radius 1 is 1.35 bits per heavy atom. The molecule has 2 aromatic rings. The number of aromatic nitrogens is 2. The molecule has 1 saturated heterocycles. The van der Waals surface area contributed by atoms with Crippen LogP contribution in [0.25, 0.3) is 5.65 Å². The molecule has 138 valence electrons. The van der Waals surface area contributed by atoms with Crippen LogP contribution in [-0.2, 0) is 9.53 Å². The van der Waals surface area contributed by atoms with E-state index >= 15 is 0 Å². The van der Waals surface area contributed by atoms with Gasteiger partial charge in [-0.05, 0) is 31.9 Å². The predicted molar refractivity (Wildman–Crippen MR) is 95.4 cm³/mol. The lowest BCUT2D eigenvalue weighted by atomic mass is 10.3. The van der Waals surface area contributed by atoms with Crippen molar-refractivity contribution in [3.05, 3.63) is 30.2 Å². The minimum absolute atomic E-state index is 0.130. The van der Waals surface area contributed by atoms with Gasteiger partial charge in [0.25, 0.3) is 5.24 Å². The van der Waals surface area contributed by atoms with E-state index in [9.17, 15) is 14.4 Å². The third-order valence-electron chi connectivity index (χ3n) is 3.81. The molecule has 1 aliphatic rings. The largest absolute Gasteiger partial charge is 0.490 e. The number of ether oxygens (including phenoxy) is 2. The first-order valence-electron chi connectivity index (χ1n) is 8.35. The van der Waals surface area contributed by atoms with Gasteiger partial charge in [-0.15, -0.1) is 0 Å². The third kappa shape index (κ3) is 3.98. The number of esters is 1. The number of unbranched alkanes of at least 4 members (excludes halogenated alkanes) is 1. The van der Waals surface area contributed by atoms with Gasteiger partial charge >= 0.3 is 5.97 Å². The van der Waals surface area contributed by atoms with Crippen molar-refractivity contribution in [3.63, 3.8) is 0 Å². The first-order chi connectivity index (χ1) is 12.6. The number of nitrogens with zero attached hydrogens (tertiary/aromatic N) is 3. The van der Waals surface area contributed by atoms with Crippen LogP contribution in [0.15, 0.2) is 24.5 Å². The summed E-state index contributed by atoms with van der Waals surface area (Å²) in [6, 6.07) is 3.58. The summed E-state index contributed by atoms with van der Waals surface area (Å²) in [6.07, 6.45) is 4.74. The molecule has 0 spiro atoms. The number of hydrogen-bond acceptors (Lipinski definition) is 7. The zero-order valence-electron chi connectivity index (χ0n) is 14.3. The number of carbonyl (C=O) groups excluding carboxylic acids is 3. The molecule has 2 amide bonds. The Kier molecular flexibility index (Phi) is 5.77. The van der Waals surface area contributed by atoms with E-state index in [4.69, 9.17) is 9.47 Å². The van der Waals surface area contributed by atoms with E-state index in [0.29, 0.717) is 37.4 Å². The van der Waals surface area contributed by atoms with Crippen molar-refractivity contribution in [2.75, 3.05) is 25.5 Å². The summed E-state index contributed by atoms with van der Waals surface area (Å²) in [7, 11) is 0. The van der Waals surface area contributed by atoms with Gasteiger partial charge in [-0.2, -0.15) is 0 Å². The lowest BCUT2D eigenvalue weighted by Gasteiger charge is -2.12. The molecule has 0 unspecified atom stereocenters. The summed E-state index contributed by atoms with van der Waals surface area (Å²) in [6.45, 7) is 2.86. The minimum atomic E-state index is -0.472. The highest BCUT2D eigenvalue weighted by atomic mass is 32.2. The molecule has 0 radical (unpaired) electrons. The SMILES string of the molecule is CCOC(=O)c1cn2cccc(OCCCCN3C(=O)CSC3=O)c2n1. The number of amides is 2. The molecule has 0 atom stereocenters. The molecule has 0 saturated carbocycles. The second-order valence-corrected chi connectivity index (χ2v) is 6.53. The fourth-order valence-corrected chi connectivity index (χ4v) is 3.31. The van der Waals surface area contributed by atoms with Gasteiger partial charge in [-0.3, -0.25) is 14.5 Å². The molecule has 2 aromatic heterocycles. The van der Waals surface area contributed by atoms with Gasteiger partial charge in [0.1, 0.15) is 0 Å². The van der Waals surface area contributed by atoms with E-state index in [0.717, 1.165) is 11.8 Å². The highest BCUT2D eigenvalue weighted by Crippen LogP contribution is 2.21. The maximum absolute atomic E-state index is 11.8. The van der Waals surface area contributed by atoms with Gasteiger partial charge in [0.05, 0.1) is 19.0 Å². The monoisotopic (exact) mass is 377 g/mol. The van der Waals surface area contributed by atoms with Crippen LogP contribution in [-0.4, -0.2) is 56.9 Å². The number of thioether (sulfide) groups is 1. The lowest BCUT2D eigenvalue weighted by Crippen LogP contribution is -2.29. The zero-order valence-corrected chi connectivity index (χ0v) is 15.2. The van der Waals surface area contributed by atoms with E-state index in [2.05, 4.69) is 4.98 Å². The molecule has 1 fully saturated rings. The molecular weight excluding hydrogens is 358 g/mol. The van der Waals surface area contributed by atoms with Crippen molar-refractivity contribution < 1.29 is 23.9 Å². The van der Waals surface area contributed by atoms with E-state index < -0.39 is 5.97 Å². The van der Waals surface area contributed by atoms with Crippen molar-refractivity contribution in [1.29, 1.82) is 0 Å². The normalized spacial score (nSPS) is 14.3. The Morgan fingerprint density at radius 3 is 2.92 bits per heavy atom. The summed E-state index contributed by atoms with van der Waals surface area (Å²) in [4.78, 5) is 40.4. The van der Waals surface area contributed by atoms with E-state index in [1.807, 2.05) is 0 Å². The van der Waals surface area contributed by atoms with E-state index in [1.165, 1.54) is 4.90 Å². The second kappa shape index (κ2) is 8.22. The second-order valence-electron chi connectivity index (χ2n) is 5.61. The Balaban J connectivity index is 1.54. The number of imidazole rings is 1. The van der Waals surface area contributed by atoms with Crippen LogP contribution in [0, 0.1) is 0 Å². The molecule has 26 heavy (non-hydrogen) atoms. The maximum atomic E-state index is 11.8. The Bertz CT molecular complexity index is 819. The zero-order chi connectivity index (χ0) is 18.5. The molecular formula is C17H19N3O5S. The number of hydrogen-bond donors (Lipinski definition) is 0. The number of carbonyl (C=O) groups is 3. The van der Waals surface area contributed by atoms with Crippen molar-refractivity contribution in [3.8, 4) is 5.75 Å². The molecule has 9 heteroatoms. The molecule has 0 N–H and O–H groups in total. The summed E-state index contributed by atoms with van der Waals surface area (Å²) in [5.41, 5.74) is 0.767. The van der Waals surface area contributed by atoms with Gasteiger partial charge < -0.3 is 13.9 Å². The van der Waals surface area contributed by atoms with Crippen LogP contribution < -0.4 is 4.74 Å². The summed E-state index contributed by atoms with van der Waals surface area (Å²) in [5.74, 6) is 0.196. The van der Waals surface area contributed by atoms with Crippen LogP contribution in [0.1, 0.15) is 30.3 Å². The highest BCUT2D eigenvalue weighted by Gasteiger charge is 2.28. The van der Waals surface area contributed by atoms with Crippen LogP contribution in [0.4, 0.5) is 4.79 Å². The van der Waals surface area contributed by atoms with Crippen molar-refractivity contribution >= 4 is 34.5 Å². The number of imide groups is 1. The lowest BCUT2D eigenvalue weighted by molar-refractivity contribution is -0.124. The smallest absolute Gasteiger partial charge is 0.358 e. The van der Waals surface area contributed by atoms with Gasteiger partial charge in [-0.25, -0.2) is 9.78 Å². The van der Waals surface area contributed by atoms with Crippen molar-refractivity contribution in [2.24, 2.45) is 0 Å². The van der Waals surface area contributed by atoms with Crippen molar-refractivity contribution in [2.45, 2.75) is 19.8 Å². The quantitative estimate of drug-likeness (QED) is 0.515. The van der Waals surface area contributed by atoms with Crippen LogP contribution in [0.5, 0.6) is 5.75 Å². The molecule has 3 heterocycles. The molecule has 3 rings (SSSR count). The first-order valence-corrected chi connectivity index (χ1v) is 9.33. The summed E-state index contributed by atoms with van der Waals surface area (Å²) in [5, 5.41) is -0.176. The fourth-order valence-electron chi connectivity index (χ4n) is 2.55. The highest BCUT2D eigenvalue weighted by molar-refractivity contribution is 8.14. The number of rotatable bonds is 8. The molecule has 1 aliphatic heterocycles. The van der Waals surface area contributed by atoms with Gasteiger partial charge in [0, 0.05) is 18.9 Å². The summed E-state index contributed by atoms with van der Waals surface area (Å²) < 4.78 is 12.4. The number of pyridine rings is 1. The fraction of sp³-hybridized carbons (Fsp3) is 0.412. The van der Waals surface area contributed by atoms with Crippen molar-refractivity contribution in [1.82, 2.24) is 14.3 Å². The first kappa shape index (κ1) is 18.2. The Hall–Kier alpha value is -2.55. The maximum Gasteiger partial charge on any atom is 0.358 e. The summed E-state index contributed by atoms with van der Waals surface area (Å²) >= 11 is 1.04. The predicted octanol–water partition coefficient (Wildman–Crippen LogP) is 2.37. The molecule has 0 aliphatic carbocycles. The van der Waals surface area contributed by atoms with Gasteiger partial charge in [0.2, 0.25) is 5.91 Å². The minimum Gasteiger partial charge on any atom is -0.490 e. The van der Waals surface area contributed by atoms with Crippen LogP contribution in [0.2, 0.25) is 0 Å². The average molecular weight is 377 g/mol. The van der Waals surface area contributed by atoms with E-state index in [1.54, 1.807) is 35.9 Å². The topological polar surface area (TPSA) is 90.2 Å². The standard InChI is InChI=1S/C17H19N3O5S/c1-2-24-16(22)12-10-19-7-5-6-13(15(19)18-12)25-9-4-3-8-20-14(21)11-26-17(20)23/h5-7,10H,2-4,8-9,11H2,1H3. The Labute approximate surface area is 154 Å². The molecule has 0 bridgehead atoms. The van der Waals surface area contributed by atoms with E-state index in [-0.39, 0.29) is 29.2 Å². The molecule has 8 nitrogen and oxygen atoms in total. The Morgan fingerprint density at radius 2 is 2.19 bits per heavy atom. The third-order valence-corrected chi connectivity index (χ3v) is 4.66. The van der Waals surface area contributed by atoms with Crippen LogP contribution in [0.3, 0.4) is 0 Å². The van der Waals surface area contributed by atoms with Gasteiger partial charge in [-0.1, -0.05) is 11.8 Å². The number of fused-ring (bicyclic) bond motifs is 1.